The highest BCUT2D eigenvalue weighted by atomic mass is 35.5. The van der Waals surface area contributed by atoms with Gasteiger partial charge in [-0.05, 0) is 30.9 Å². The minimum absolute atomic E-state index is 0.168. The van der Waals surface area contributed by atoms with Crippen LogP contribution in [0.3, 0.4) is 0 Å². The highest BCUT2D eigenvalue weighted by molar-refractivity contribution is 7.98. The number of halogens is 1. The molecule has 7 heteroatoms. The van der Waals surface area contributed by atoms with E-state index in [1.54, 1.807) is 12.1 Å². The fourth-order valence-electron chi connectivity index (χ4n) is 2.29. The summed E-state index contributed by atoms with van der Waals surface area (Å²) in [6.07, 6.45) is 2.21. The third kappa shape index (κ3) is 3.90. The summed E-state index contributed by atoms with van der Waals surface area (Å²) in [5.74, 6) is -1.34. The van der Waals surface area contributed by atoms with E-state index in [1.807, 2.05) is 12.3 Å². The lowest BCUT2D eigenvalue weighted by atomic mass is 9.93. The van der Waals surface area contributed by atoms with Crippen molar-refractivity contribution >= 4 is 35.2 Å². The summed E-state index contributed by atoms with van der Waals surface area (Å²) in [7, 11) is 0. The molecule has 1 unspecified atom stereocenters. The molecule has 1 fully saturated rings. The third-order valence-electron chi connectivity index (χ3n) is 3.39. The monoisotopic (exact) mass is 329 g/mol. The molecule has 0 aliphatic carbocycles. The maximum Gasteiger partial charge on any atom is 0.305 e. The van der Waals surface area contributed by atoms with E-state index in [4.69, 9.17) is 21.4 Å². The number of nitrogens with one attached hydrogen (secondary N) is 1. The second kappa shape index (κ2) is 6.68. The summed E-state index contributed by atoms with van der Waals surface area (Å²) in [5.41, 5.74) is -0.512. The number of carboxylic acid groups (broad SMARTS) is 1. The zero-order valence-electron chi connectivity index (χ0n) is 11.5. The van der Waals surface area contributed by atoms with E-state index in [2.05, 4.69) is 5.32 Å². The Morgan fingerprint density at radius 2 is 2.29 bits per heavy atom. The summed E-state index contributed by atoms with van der Waals surface area (Å²) >= 11 is 7.57. The van der Waals surface area contributed by atoms with Gasteiger partial charge in [0.2, 0.25) is 0 Å². The van der Waals surface area contributed by atoms with E-state index in [1.165, 1.54) is 11.8 Å². The Bertz CT molecular complexity index is 558. The molecule has 21 heavy (non-hydrogen) atoms. The van der Waals surface area contributed by atoms with Crippen LogP contribution in [0, 0.1) is 0 Å². The Morgan fingerprint density at radius 3 is 2.86 bits per heavy atom. The van der Waals surface area contributed by atoms with Crippen LogP contribution in [-0.4, -0.2) is 42.0 Å². The Balaban J connectivity index is 2.21. The number of rotatable bonds is 5. The number of thioether (sulfide) groups is 1. The van der Waals surface area contributed by atoms with Crippen molar-refractivity contribution < 1.29 is 19.4 Å². The van der Waals surface area contributed by atoms with Crippen molar-refractivity contribution in [2.45, 2.75) is 23.3 Å². The maximum atomic E-state index is 12.4. The van der Waals surface area contributed by atoms with Gasteiger partial charge in [-0.2, -0.15) is 0 Å². The summed E-state index contributed by atoms with van der Waals surface area (Å²) in [6.45, 7) is 0.636. The molecule has 2 rings (SSSR count). The quantitative estimate of drug-likeness (QED) is 0.811. The maximum absolute atomic E-state index is 12.4. The molecule has 114 valence electrons. The van der Waals surface area contributed by atoms with Crippen LogP contribution in [0.1, 0.15) is 23.2 Å². The molecule has 1 aromatic carbocycles. The van der Waals surface area contributed by atoms with Crippen LogP contribution in [0.2, 0.25) is 5.02 Å². The molecule has 1 saturated heterocycles. The first-order valence-electron chi connectivity index (χ1n) is 6.41. The van der Waals surface area contributed by atoms with E-state index in [9.17, 15) is 9.59 Å². The van der Waals surface area contributed by atoms with Gasteiger partial charge in [0.15, 0.2) is 0 Å². The van der Waals surface area contributed by atoms with E-state index < -0.39 is 11.5 Å². The van der Waals surface area contributed by atoms with Gasteiger partial charge in [-0.25, -0.2) is 0 Å². The van der Waals surface area contributed by atoms with Gasteiger partial charge < -0.3 is 15.2 Å². The zero-order chi connectivity index (χ0) is 15.5. The number of carbonyl (C=O) groups excluding carboxylic acids is 1. The third-order valence-corrected chi connectivity index (χ3v) is 4.44. The van der Waals surface area contributed by atoms with Crippen LogP contribution in [0.5, 0.6) is 0 Å². The highest BCUT2D eigenvalue weighted by Crippen LogP contribution is 2.26. The van der Waals surface area contributed by atoms with Crippen molar-refractivity contribution in [3.8, 4) is 0 Å². The number of hydrogen-bond acceptors (Lipinski definition) is 4. The molecule has 0 saturated carbocycles. The van der Waals surface area contributed by atoms with Crippen molar-refractivity contribution in [2.75, 3.05) is 19.5 Å². The molecule has 0 radical (unpaired) electrons. The molecule has 1 aromatic rings. The second-order valence-electron chi connectivity index (χ2n) is 4.95. The number of carboxylic acids is 1. The predicted octanol–water partition coefficient (Wildman–Crippen LogP) is 2.43. The van der Waals surface area contributed by atoms with Gasteiger partial charge in [-0.1, -0.05) is 11.6 Å². The molecule has 0 spiro atoms. The van der Waals surface area contributed by atoms with E-state index >= 15 is 0 Å². The van der Waals surface area contributed by atoms with Gasteiger partial charge in [-0.3, -0.25) is 9.59 Å². The first-order valence-corrected chi connectivity index (χ1v) is 8.02. The van der Waals surface area contributed by atoms with Gasteiger partial charge >= 0.3 is 5.97 Å². The molecule has 0 bridgehead atoms. The molecule has 5 nitrogen and oxygen atoms in total. The predicted molar refractivity (Wildman–Crippen MR) is 81.1 cm³/mol. The first kappa shape index (κ1) is 16.1. The molecule has 1 atom stereocenters. The van der Waals surface area contributed by atoms with Crippen LogP contribution in [-0.2, 0) is 9.53 Å². The standard InChI is InChI=1S/C14H16ClNO4S/c1-21-9-2-3-11(15)10(6-9)13(19)16-14(7-12(17)18)4-5-20-8-14/h2-3,6H,4-5,7-8H2,1H3,(H,16,19)(H,17,18). The lowest BCUT2D eigenvalue weighted by Crippen LogP contribution is -2.50. The largest absolute Gasteiger partial charge is 0.481 e. The van der Waals surface area contributed by atoms with Crippen molar-refractivity contribution in [3.63, 3.8) is 0 Å². The molecule has 1 aliphatic heterocycles. The lowest BCUT2D eigenvalue weighted by molar-refractivity contribution is -0.138. The minimum atomic E-state index is -0.968. The second-order valence-corrected chi connectivity index (χ2v) is 6.24. The number of amides is 1. The van der Waals surface area contributed by atoms with Crippen molar-refractivity contribution in [2.24, 2.45) is 0 Å². The van der Waals surface area contributed by atoms with E-state index in [0.717, 1.165) is 4.90 Å². The average Bonchev–Trinajstić information content (AvgIpc) is 2.86. The van der Waals surface area contributed by atoms with Crippen molar-refractivity contribution in [1.29, 1.82) is 0 Å². The molecule has 1 amide bonds. The SMILES string of the molecule is CSc1ccc(Cl)c(C(=O)NC2(CC(=O)O)CCOC2)c1. The fraction of sp³-hybridized carbons (Fsp3) is 0.429. The molecular formula is C14H16ClNO4S. The van der Waals surface area contributed by atoms with Crippen LogP contribution in [0.15, 0.2) is 23.1 Å². The van der Waals surface area contributed by atoms with E-state index in [0.29, 0.717) is 23.6 Å². The number of ether oxygens (including phenoxy) is 1. The zero-order valence-corrected chi connectivity index (χ0v) is 13.1. The topological polar surface area (TPSA) is 75.6 Å². The number of benzene rings is 1. The van der Waals surface area contributed by atoms with Crippen LogP contribution in [0.25, 0.3) is 0 Å². The summed E-state index contributed by atoms with van der Waals surface area (Å²) in [6, 6.07) is 5.19. The lowest BCUT2D eigenvalue weighted by Gasteiger charge is -2.27. The molecule has 1 aliphatic rings. The average molecular weight is 330 g/mol. The molecular weight excluding hydrogens is 314 g/mol. The van der Waals surface area contributed by atoms with Crippen molar-refractivity contribution in [1.82, 2.24) is 5.32 Å². The van der Waals surface area contributed by atoms with Gasteiger partial charge in [-0.15, -0.1) is 11.8 Å². The minimum Gasteiger partial charge on any atom is -0.481 e. The number of carbonyl (C=O) groups is 2. The highest BCUT2D eigenvalue weighted by Gasteiger charge is 2.39. The Labute approximate surface area is 132 Å². The summed E-state index contributed by atoms with van der Waals surface area (Å²) in [5, 5.41) is 12.2. The molecule has 2 N–H and O–H groups in total. The fourth-order valence-corrected chi connectivity index (χ4v) is 2.94. The normalized spacial score (nSPS) is 21.2. The molecule has 1 heterocycles. The molecule has 0 aromatic heterocycles. The van der Waals surface area contributed by atoms with Gasteiger partial charge in [0.05, 0.1) is 29.2 Å². The van der Waals surface area contributed by atoms with Crippen LogP contribution < -0.4 is 5.32 Å². The van der Waals surface area contributed by atoms with Crippen molar-refractivity contribution in [3.05, 3.63) is 28.8 Å². The van der Waals surface area contributed by atoms with Gasteiger partial charge in [0.25, 0.3) is 5.91 Å². The Kier molecular flexibility index (Phi) is 5.13. The Morgan fingerprint density at radius 1 is 1.52 bits per heavy atom. The summed E-state index contributed by atoms with van der Waals surface area (Å²) < 4.78 is 5.26. The smallest absolute Gasteiger partial charge is 0.305 e. The Hall–Kier alpha value is -1.24. The van der Waals surface area contributed by atoms with Gasteiger partial charge in [0.1, 0.15) is 0 Å². The number of hydrogen-bond donors (Lipinski definition) is 2. The van der Waals surface area contributed by atoms with E-state index in [-0.39, 0.29) is 18.9 Å². The first-order chi connectivity index (χ1) is 9.96. The van der Waals surface area contributed by atoms with Crippen LogP contribution in [0.4, 0.5) is 0 Å². The van der Waals surface area contributed by atoms with Gasteiger partial charge in [0, 0.05) is 11.5 Å². The number of aliphatic carboxylic acids is 1. The summed E-state index contributed by atoms with van der Waals surface area (Å²) in [4.78, 5) is 24.3. The van der Waals surface area contributed by atoms with Crippen LogP contribution >= 0.6 is 23.4 Å².